The molecule has 0 aliphatic rings. The zero-order valence-corrected chi connectivity index (χ0v) is 11.8. The molecule has 0 fully saturated rings. The molecule has 0 aliphatic carbocycles. The predicted octanol–water partition coefficient (Wildman–Crippen LogP) is 5.03. The normalized spacial score (nSPS) is 12.3. The average molecular weight is 257 g/mol. The zero-order chi connectivity index (χ0) is 12.8. The van der Waals surface area contributed by atoms with E-state index in [4.69, 9.17) is 0 Å². The number of hydrogen-bond acceptors (Lipinski definition) is 2. The molecule has 0 radical (unpaired) electrons. The van der Waals surface area contributed by atoms with Gasteiger partial charge >= 0.3 is 0 Å². The highest BCUT2D eigenvalue weighted by atomic mass is 32.2. The molecule has 0 saturated carbocycles. The zero-order valence-electron chi connectivity index (χ0n) is 11.0. The summed E-state index contributed by atoms with van der Waals surface area (Å²) in [4.78, 5) is 5.50. The topological polar surface area (TPSA) is 12.9 Å². The van der Waals surface area contributed by atoms with Crippen LogP contribution in [-0.4, -0.2) is 10.2 Å². The molecule has 1 aromatic carbocycles. The van der Waals surface area contributed by atoms with Crippen LogP contribution in [0.15, 0.2) is 53.7 Å². The van der Waals surface area contributed by atoms with Crippen LogP contribution in [0.3, 0.4) is 0 Å². The van der Waals surface area contributed by atoms with Crippen molar-refractivity contribution in [3.63, 3.8) is 0 Å². The fourth-order valence-electron chi connectivity index (χ4n) is 1.96. The van der Waals surface area contributed by atoms with E-state index in [1.807, 2.05) is 24.0 Å². The van der Waals surface area contributed by atoms with Crippen molar-refractivity contribution in [2.75, 3.05) is 0 Å². The van der Waals surface area contributed by atoms with E-state index in [1.165, 1.54) is 28.9 Å². The summed E-state index contributed by atoms with van der Waals surface area (Å²) in [7, 11) is 0. The summed E-state index contributed by atoms with van der Waals surface area (Å²) in [5, 5.41) is 0.694. The van der Waals surface area contributed by atoms with Crippen LogP contribution in [0, 0.1) is 0 Å². The molecule has 0 bridgehead atoms. The van der Waals surface area contributed by atoms with Gasteiger partial charge in [-0.05, 0) is 35.7 Å². The molecule has 1 atom stereocenters. The molecule has 1 heterocycles. The molecule has 1 aromatic heterocycles. The Labute approximate surface area is 114 Å². The van der Waals surface area contributed by atoms with Crippen LogP contribution >= 0.6 is 11.8 Å². The largest absolute Gasteiger partial charge is 0.264 e. The molecule has 1 nitrogen and oxygen atoms in total. The summed E-state index contributed by atoms with van der Waals surface area (Å²) in [5.41, 5.74) is 2.41. The van der Waals surface area contributed by atoms with Crippen LogP contribution in [0.1, 0.15) is 26.7 Å². The molecule has 2 aromatic rings. The fourth-order valence-corrected chi connectivity index (χ4v) is 3.07. The van der Waals surface area contributed by atoms with Crippen molar-refractivity contribution >= 4 is 11.8 Å². The lowest BCUT2D eigenvalue weighted by atomic mass is 10.1. The predicted molar refractivity (Wildman–Crippen MR) is 79.9 cm³/mol. The number of benzene rings is 1. The van der Waals surface area contributed by atoms with E-state index in [0.29, 0.717) is 5.25 Å². The van der Waals surface area contributed by atoms with Gasteiger partial charge in [0, 0.05) is 22.5 Å². The third-order valence-corrected chi connectivity index (χ3v) is 4.06. The van der Waals surface area contributed by atoms with Gasteiger partial charge in [-0.15, -0.1) is 11.8 Å². The summed E-state index contributed by atoms with van der Waals surface area (Å²) in [6.45, 7) is 4.53. The summed E-state index contributed by atoms with van der Waals surface area (Å²) in [5.74, 6) is 0. The molecule has 2 heteroatoms. The van der Waals surface area contributed by atoms with Crippen LogP contribution in [0.5, 0.6) is 0 Å². The van der Waals surface area contributed by atoms with Crippen molar-refractivity contribution < 1.29 is 0 Å². The Morgan fingerprint density at radius 2 is 1.89 bits per heavy atom. The number of nitrogens with zero attached hydrogens (tertiary/aromatic N) is 1. The van der Waals surface area contributed by atoms with Crippen molar-refractivity contribution in [2.24, 2.45) is 0 Å². The fraction of sp³-hybridized carbons (Fsp3) is 0.312. The van der Waals surface area contributed by atoms with Crippen LogP contribution in [0.2, 0.25) is 0 Å². The van der Waals surface area contributed by atoms with Gasteiger partial charge < -0.3 is 0 Å². The second-order valence-corrected chi connectivity index (χ2v) is 6.00. The van der Waals surface area contributed by atoms with Gasteiger partial charge in [0.1, 0.15) is 0 Å². The number of rotatable bonds is 5. The molecular formula is C16H19NS. The van der Waals surface area contributed by atoms with Crippen molar-refractivity contribution in [1.29, 1.82) is 0 Å². The second kappa shape index (κ2) is 6.60. The summed E-state index contributed by atoms with van der Waals surface area (Å²) in [6.07, 6.45) is 6.24. The first-order chi connectivity index (χ1) is 8.79. The van der Waals surface area contributed by atoms with Crippen molar-refractivity contribution in [1.82, 2.24) is 4.98 Å². The lowest BCUT2D eigenvalue weighted by Crippen LogP contribution is -1.93. The van der Waals surface area contributed by atoms with Gasteiger partial charge in [0.25, 0.3) is 0 Å². The Morgan fingerprint density at radius 3 is 2.50 bits per heavy atom. The summed E-state index contributed by atoms with van der Waals surface area (Å²) >= 11 is 1.96. The first-order valence-electron chi connectivity index (χ1n) is 6.46. The van der Waals surface area contributed by atoms with Gasteiger partial charge in [0.05, 0.1) is 0 Å². The van der Waals surface area contributed by atoms with Crippen LogP contribution in [0.25, 0.3) is 11.1 Å². The van der Waals surface area contributed by atoms with Crippen molar-refractivity contribution in [2.45, 2.75) is 36.8 Å². The highest BCUT2D eigenvalue weighted by Crippen LogP contribution is 2.28. The van der Waals surface area contributed by atoms with Crippen molar-refractivity contribution in [3.05, 3.63) is 48.8 Å². The van der Waals surface area contributed by atoms with Crippen LogP contribution in [-0.2, 0) is 0 Å². The molecule has 18 heavy (non-hydrogen) atoms. The lowest BCUT2D eigenvalue weighted by Gasteiger charge is -2.10. The highest BCUT2D eigenvalue weighted by Gasteiger charge is 2.03. The number of hydrogen-bond donors (Lipinski definition) is 0. The molecule has 94 valence electrons. The quantitative estimate of drug-likeness (QED) is 0.697. The first-order valence-corrected chi connectivity index (χ1v) is 7.34. The monoisotopic (exact) mass is 257 g/mol. The van der Waals surface area contributed by atoms with Gasteiger partial charge in [-0.25, -0.2) is 0 Å². The maximum Gasteiger partial charge on any atom is 0.0346 e. The van der Waals surface area contributed by atoms with Crippen LogP contribution < -0.4 is 0 Å². The van der Waals surface area contributed by atoms with E-state index in [1.54, 1.807) is 6.20 Å². The first kappa shape index (κ1) is 13.2. The van der Waals surface area contributed by atoms with E-state index in [2.05, 4.69) is 49.2 Å². The lowest BCUT2D eigenvalue weighted by molar-refractivity contribution is 0.787. The minimum atomic E-state index is 0.694. The van der Waals surface area contributed by atoms with E-state index in [0.717, 1.165) is 0 Å². The molecule has 0 amide bonds. The Kier molecular flexibility index (Phi) is 4.82. The third kappa shape index (κ3) is 3.61. The number of thioether (sulfide) groups is 1. The van der Waals surface area contributed by atoms with Gasteiger partial charge in [0.2, 0.25) is 0 Å². The van der Waals surface area contributed by atoms with Gasteiger partial charge in [-0.3, -0.25) is 4.98 Å². The van der Waals surface area contributed by atoms with E-state index in [-0.39, 0.29) is 0 Å². The van der Waals surface area contributed by atoms with E-state index < -0.39 is 0 Å². The number of aromatic nitrogens is 1. The molecule has 0 aliphatic heterocycles. The Morgan fingerprint density at radius 1 is 1.11 bits per heavy atom. The third-order valence-electron chi connectivity index (χ3n) is 2.88. The summed E-state index contributed by atoms with van der Waals surface area (Å²) in [6, 6.07) is 12.8. The maximum absolute atomic E-state index is 4.15. The maximum atomic E-state index is 4.15. The molecular weight excluding hydrogens is 238 g/mol. The second-order valence-electron chi connectivity index (χ2n) is 4.48. The SMILES string of the molecule is CCCC(C)Sc1ccc(-c2cccnc2)cc1. The molecule has 2 rings (SSSR count). The smallest absolute Gasteiger partial charge is 0.0346 e. The minimum absolute atomic E-state index is 0.694. The average Bonchev–Trinajstić information content (AvgIpc) is 2.41. The van der Waals surface area contributed by atoms with Gasteiger partial charge in [-0.2, -0.15) is 0 Å². The Hall–Kier alpha value is -1.28. The molecule has 1 unspecified atom stereocenters. The summed E-state index contributed by atoms with van der Waals surface area (Å²) < 4.78 is 0. The standard InChI is InChI=1S/C16H19NS/c1-3-5-13(2)18-16-9-7-14(8-10-16)15-6-4-11-17-12-15/h4,6-13H,3,5H2,1-2H3. The molecule has 0 saturated heterocycles. The van der Waals surface area contributed by atoms with E-state index in [9.17, 15) is 0 Å². The Bertz CT molecular complexity index is 464. The van der Waals surface area contributed by atoms with Gasteiger partial charge in [0.15, 0.2) is 0 Å². The minimum Gasteiger partial charge on any atom is -0.264 e. The molecule has 0 N–H and O–H groups in total. The van der Waals surface area contributed by atoms with E-state index >= 15 is 0 Å². The van der Waals surface area contributed by atoms with Crippen LogP contribution in [0.4, 0.5) is 0 Å². The highest BCUT2D eigenvalue weighted by molar-refractivity contribution is 7.99. The Balaban J connectivity index is 2.06. The number of pyridine rings is 1. The molecule has 0 spiro atoms. The van der Waals surface area contributed by atoms with Crippen molar-refractivity contribution in [3.8, 4) is 11.1 Å². The van der Waals surface area contributed by atoms with Gasteiger partial charge in [-0.1, -0.05) is 38.5 Å².